The molecule has 0 saturated carbocycles. The summed E-state index contributed by atoms with van der Waals surface area (Å²) in [6, 6.07) is 6.00. The first kappa shape index (κ1) is 9.20. The van der Waals surface area contributed by atoms with Gasteiger partial charge in [-0.1, -0.05) is 18.2 Å². The zero-order chi connectivity index (χ0) is 9.14. The van der Waals surface area contributed by atoms with Crippen LogP contribution in [0.5, 0.6) is 0 Å². The number of carbonyl (C=O) groups is 1. The van der Waals surface area contributed by atoms with Crippen molar-refractivity contribution in [3.63, 3.8) is 0 Å². The highest BCUT2D eigenvalue weighted by Gasteiger charge is 2.16. The number of alkyl halides is 1. The second-order valence-electron chi connectivity index (χ2n) is 2.49. The molecule has 0 aliphatic carbocycles. The Hall–Kier alpha value is -0.890. The minimum Gasteiger partial charge on any atom is -0.298 e. The van der Waals surface area contributed by atoms with E-state index in [2.05, 4.69) is 0 Å². The molecule has 1 aromatic rings. The van der Waals surface area contributed by atoms with Gasteiger partial charge in [-0.2, -0.15) is 0 Å². The molecule has 0 amide bonds. The number of hydrogen-bond donors (Lipinski definition) is 0. The number of hydrogen-bond acceptors (Lipinski definition) is 1. The van der Waals surface area contributed by atoms with E-state index in [0.29, 0.717) is 0 Å². The van der Waals surface area contributed by atoms with Crippen molar-refractivity contribution >= 4 is 17.4 Å². The standard InChI is InChI=1S/C9H8ClFO/c1-6(12)9(10)7-4-2-3-5-8(7)11/h2-5,9H,1H3. The summed E-state index contributed by atoms with van der Waals surface area (Å²) in [4.78, 5) is 10.8. The van der Waals surface area contributed by atoms with Crippen LogP contribution in [-0.2, 0) is 4.79 Å². The van der Waals surface area contributed by atoms with Crippen molar-refractivity contribution < 1.29 is 9.18 Å². The largest absolute Gasteiger partial charge is 0.298 e. The first-order valence-electron chi connectivity index (χ1n) is 3.52. The number of benzene rings is 1. The van der Waals surface area contributed by atoms with E-state index in [9.17, 15) is 9.18 Å². The van der Waals surface area contributed by atoms with Crippen LogP contribution in [0.2, 0.25) is 0 Å². The maximum absolute atomic E-state index is 13.0. The third kappa shape index (κ3) is 1.83. The highest BCUT2D eigenvalue weighted by Crippen LogP contribution is 2.23. The topological polar surface area (TPSA) is 17.1 Å². The van der Waals surface area contributed by atoms with Crippen LogP contribution in [0.3, 0.4) is 0 Å². The van der Waals surface area contributed by atoms with Crippen LogP contribution in [0.15, 0.2) is 24.3 Å². The Kier molecular flexibility index (Phi) is 2.82. The zero-order valence-corrected chi connectivity index (χ0v) is 7.31. The first-order valence-corrected chi connectivity index (χ1v) is 3.95. The fourth-order valence-corrected chi connectivity index (χ4v) is 1.08. The van der Waals surface area contributed by atoms with E-state index >= 15 is 0 Å². The van der Waals surface area contributed by atoms with Gasteiger partial charge in [0.15, 0.2) is 5.78 Å². The molecule has 3 heteroatoms. The lowest BCUT2D eigenvalue weighted by atomic mass is 10.1. The Bertz CT molecular complexity index is 298. The highest BCUT2D eigenvalue weighted by atomic mass is 35.5. The van der Waals surface area contributed by atoms with Gasteiger partial charge in [-0.05, 0) is 13.0 Å². The van der Waals surface area contributed by atoms with Gasteiger partial charge in [-0.15, -0.1) is 11.6 Å². The van der Waals surface area contributed by atoms with E-state index in [-0.39, 0.29) is 11.3 Å². The van der Waals surface area contributed by atoms with Crippen molar-refractivity contribution in [3.05, 3.63) is 35.6 Å². The minimum atomic E-state index is -0.869. The molecule has 0 saturated heterocycles. The van der Waals surface area contributed by atoms with Gasteiger partial charge >= 0.3 is 0 Å². The van der Waals surface area contributed by atoms with Crippen LogP contribution in [0.4, 0.5) is 4.39 Å². The minimum absolute atomic E-state index is 0.242. The lowest BCUT2D eigenvalue weighted by Crippen LogP contribution is -2.03. The Morgan fingerprint density at radius 1 is 1.50 bits per heavy atom. The number of ketones is 1. The molecule has 0 heterocycles. The van der Waals surface area contributed by atoms with Crippen LogP contribution in [0.25, 0.3) is 0 Å². The molecule has 0 fully saturated rings. The average Bonchev–Trinajstić information content (AvgIpc) is 2.04. The lowest BCUT2D eigenvalue weighted by Gasteiger charge is -2.05. The van der Waals surface area contributed by atoms with Gasteiger partial charge in [0, 0.05) is 5.56 Å². The van der Waals surface area contributed by atoms with Gasteiger partial charge in [0.05, 0.1) is 0 Å². The molecule has 0 N–H and O–H groups in total. The molecule has 1 unspecified atom stereocenters. The van der Waals surface area contributed by atoms with Crippen LogP contribution >= 0.6 is 11.6 Å². The van der Waals surface area contributed by atoms with Gasteiger partial charge < -0.3 is 0 Å². The summed E-state index contributed by atoms with van der Waals surface area (Å²) in [7, 11) is 0. The molecule has 0 aromatic heterocycles. The summed E-state index contributed by atoms with van der Waals surface area (Å²) in [5, 5.41) is -0.869. The van der Waals surface area contributed by atoms with E-state index in [1.54, 1.807) is 12.1 Å². The Morgan fingerprint density at radius 3 is 2.58 bits per heavy atom. The molecule has 12 heavy (non-hydrogen) atoms. The van der Waals surface area contributed by atoms with Crippen molar-refractivity contribution in [3.8, 4) is 0 Å². The Labute approximate surface area is 75.2 Å². The molecule has 0 bridgehead atoms. The molecule has 1 nitrogen and oxygen atoms in total. The van der Waals surface area contributed by atoms with Crippen LogP contribution in [-0.4, -0.2) is 5.78 Å². The normalized spacial score (nSPS) is 12.6. The van der Waals surface area contributed by atoms with Crippen molar-refractivity contribution in [2.45, 2.75) is 12.3 Å². The predicted octanol–water partition coefficient (Wildman–Crippen LogP) is 2.69. The van der Waals surface area contributed by atoms with Crippen molar-refractivity contribution in [2.24, 2.45) is 0 Å². The van der Waals surface area contributed by atoms with Crippen LogP contribution < -0.4 is 0 Å². The molecule has 0 spiro atoms. The summed E-state index contributed by atoms with van der Waals surface area (Å²) in [5.41, 5.74) is 0.242. The molecule has 1 atom stereocenters. The first-order chi connectivity index (χ1) is 5.63. The van der Waals surface area contributed by atoms with Crippen molar-refractivity contribution in [2.75, 3.05) is 0 Å². The summed E-state index contributed by atoms with van der Waals surface area (Å²) in [6.07, 6.45) is 0. The predicted molar refractivity (Wildman–Crippen MR) is 45.7 cm³/mol. The molecule has 0 radical (unpaired) electrons. The second kappa shape index (κ2) is 3.68. The molecule has 0 aliphatic rings. The summed E-state index contributed by atoms with van der Waals surface area (Å²) in [5.74, 6) is -0.686. The monoisotopic (exact) mass is 186 g/mol. The fourth-order valence-electron chi connectivity index (χ4n) is 0.900. The number of Topliss-reactive ketones (excluding diaryl/α,β-unsaturated/α-hetero) is 1. The molecule has 1 aromatic carbocycles. The van der Waals surface area contributed by atoms with E-state index in [1.807, 2.05) is 0 Å². The molecule has 1 rings (SSSR count). The third-order valence-corrected chi connectivity index (χ3v) is 2.08. The molecule has 0 aliphatic heterocycles. The smallest absolute Gasteiger partial charge is 0.152 e. The van der Waals surface area contributed by atoms with E-state index < -0.39 is 11.2 Å². The quantitative estimate of drug-likeness (QED) is 0.649. The number of rotatable bonds is 2. The van der Waals surface area contributed by atoms with Gasteiger partial charge in [-0.25, -0.2) is 4.39 Å². The highest BCUT2D eigenvalue weighted by molar-refractivity contribution is 6.30. The molecular weight excluding hydrogens is 179 g/mol. The maximum atomic E-state index is 13.0. The second-order valence-corrected chi connectivity index (χ2v) is 2.93. The molecule has 64 valence electrons. The summed E-state index contributed by atoms with van der Waals surface area (Å²) >= 11 is 5.66. The zero-order valence-electron chi connectivity index (χ0n) is 6.55. The fraction of sp³-hybridized carbons (Fsp3) is 0.222. The summed E-state index contributed by atoms with van der Waals surface area (Å²) in [6.45, 7) is 1.34. The third-order valence-electron chi connectivity index (χ3n) is 1.54. The van der Waals surface area contributed by atoms with Gasteiger partial charge in [-0.3, -0.25) is 4.79 Å². The van der Waals surface area contributed by atoms with Crippen LogP contribution in [0.1, 0.15) is 17.9 Å². The SMILES string of the molecule is CC(=O)C(Cl)c1ccccc1F. The Balaban J connectivity index is 3.02. The number of carbonyl (C=O) groups excluding carboxylic acids is 1. The van der Waals surface area contributed by atoms with Gasteiger partial charge in [0.25, 0.3) is 0 Å². The maximum Gasteiger partial charge on any atom is 0.152 e. The number of halogens is 2. The van der Waals surface area contributed by atoms with E-state index in [0.717, 1.165) is 0 Å². The van der Waals surface area contributed by atoms with Gasteiger partial charge in [0.1, 0.15) is 11.2 Å². The Morgan fingerprint density at radius 2 is 2.08 bits per heavy atom. The van der Waals surface area contributed by atoms with Crippen molar-refractivity contribution in [1.82, 2.24) is 0 Å². The van der Waals surface area contributed by atoms with E-state index in [1.165, 1.54) is 19.1 Å². The average molecular weight is 187 g/mol. The summed E-state index contributed by atoms with van der Waals surface area (Å²) < 4.78 is 13.0. The van der Waals surface area contributed by atoms with Crippen LogP contribution in [0, 0.1) is 5.82 Å². The lowest BCUT2D eigenvalue weighted by molar-refractivity contribution is -0.116. The molecular formula is C9H8ClFO. The van der Waals surface area contributed by atoms with E-state index in [4.69, 9.17) is 11.6 Å². The van der Waals surface area contributed by atoms with Gasteiger partial charge in [0.2, 0.25) is 0 Å². The van der Waals surface area contributed by atoms with Crippen molar-refractivity contribution in [1.29, 1.82) is 0 Å².